The van der Waals surface area contributed by atoms with Crippen LogP contribution in [0.4, 0.5) is 0 Å². The van der Waals surface area contributed by atoms with Gasteiger partial charge >= 0.3 is 11.9 Å². The number of rotatable bonds is 4. The highest BCUT2D eigenvalue weighted by molar-refractivity contribution is 6.00. The third-order valence-electron chi connectivity index (χ3n) is 4.54. The van der Waals surface area contributed by atoms with Crippen LogP contribution < -0.4 is 0 Å². The summed E-state index contributed by atoms with van der Waals surface area (Å²) in [5.74, 6) is -0.739. The van der Waals surface area contributed by atoms with Crippen LogP contribution in [0.15, 0.2) is 39.3 Å². The fourth-order valence-electron chi connectivity index (χ4n) is 3.39. The Kier molecular flexibility index (Phi) is 4.07. The van der Waals surface area contributed by atoms with Crippen molar-refractivity contribution in [3.63, 3.8) is 0 Å². The standard InChI is InChI=1S/C17H19NO5/c1-3-13(19)23-18-9-11-5-4-7-17(2)14(11)16(20)22-15(17)12-6-8-21-10-12/h6,8-10,15H,3-5,7H2,1-2H3/b18-9+/t15-,17+/m0/s1. The van der Waals surface area contributed by atoms with E-state index >= 15 is 0 Å². The third-order valence-corrected chi connectivity index (χ3v) is 4.54. The van der Waals surface area contributed by atoms with Crippen molar-refractivity contribution in [2.75, 3.05) is 0 Å². The van der Waals surface area contributed by atoms with E-state index in [0.29, 0.717) is 12.0 Å². The first kappa shape index (κ1) is 15.5. The van der Waals surface area contributed by atoms with Gasteiger partial charge in [-0.3, -0.25) is 0 Å². The highest BCUT2D eigenvalue weighted by atomic mass is 16.7. The Labute approximate surface area is 134 Å². The summed E-state index contributed by atoms with van der Waals surface area (Å²) in [6.07, 6.45) is 7.02. The molecule has 1 aliphatic heterocycles. The largest absolute Gasteiger partial charge is 0.472 e. The molecule has 0 aromatic carbocycles. The molecule has 0 radical (unpaired) electrons. The zero-order valence-corrected chi connectivity index (χ0v) is 13.2. The lowest BCUT2D eigenvalue weighted by Gasteiger charge is -2.32. The zero-order chi connectivity index (χ0) is 16.4. The van der Waals surface area contributed by atoms with Gasteiger partial charge in [0.25, 0.3) is 0 Å². The van der Waals surface area contributed by atoms with Gasteiger partial charge in [-0.05, 0) is 30.9 Å². The van der Waals surface area contributed by atoms with E-state index in [0.717, 1.165) is 24.0 Å². The highest BCUT2D eigenvalue weighted by Gasteiger charge is 2.53. The summed E-state index contributed by atoms with van der Waals surface area (Å²) in [5.41, 5.74) is 1.84. The van der Waals surface area contributed by atoms with Gasteiger partial charge in [0.2, 0.25) is 0 Å². The van der Waals surface area contributed by atoms with Crippen LogP contribution in [0.1, 0.15) is 51.2 Å². The second-order valence-corrected chi connectivity index (χ2v) is 6.06. The number of hydrogen-bond acceptors (Lipinski definition) is 6. The van der Waals surface area contributed by atoms with Gasteiger partial charge in [0, 0.05) is 17.4 Å². The summed E-state index contributed by atoms with van der Waals surface area (Å²) in [5, 5.41) is 3.72. The maximum atomic E-state index is 12.4. The molecule has 1 fully saturated rings. The number of ether oxygens (including phenoxy) is 1. The molecule has 1 saturated heterocycles. The number of carbonyl (C=O) groups is 2. The van der Waals surface area contributed by atoms with E-state index < -0.39 is 11.4 Å². The topological polar surface area (TPSA) is 78.1 Å². The van der Waals surface area contributed by atoms with Gasteiger partial charge in [0.15, 0.2) is 0 Å². The Bertz CT molecular complexity index is 673. The first-order valence-electron chi connectivity index (χ1n) is 7.76. The molecule has 0 amide bonds. The van der Waals surface area contributed by atoms with Crippen LogP contribution >= 0.6 is 0 Å². The summed E-state index contributed by atoms with van der Waals surface area (Å²) >= 11 is 0. The molecule has 1 aromatic rings. The molecule has 1 aliphatic carbocycles. The molecule has 3 rings (SSSR count). The minimum absolute atomic E-state index is 0.256. The smallest absolute Gasteiger partial charge is 0.335 e. The Morgan fingerprint density at radius 2 is 2.39 bits per heavy atom. The molecular weight excluding hydrogens is 298 g/mol. The maximum Gasteiger partial charge on any atom is 0.335 e. The minimum atomic E-state index is -0.421. The number of furan rings is 1. The minimum Gasteiger partial charge on any atom is -0.472 e. The average molecular weight is 317 g/mol. The van der Waals surface area contributed by atoms with Gasteiger partial charge in [-0.1, -0.05) is 19.0 Å². The SMILES string of the molecule is CCC(=O)O/N=C/C1=C2C(=O)O[C@@H](c3ccoc3)[C@]2(C)CCC1. The van der Waals surface area contributed by atoms with Crippen LogP contribution in [0.3, 0.4) is 0 Å². The third kappa shape index (κ3) is 2.69. The fraction of sp³-hybridized carbons (Fsp3) is 0.471. The van der Waals surface area contributed by atoms with Crippen LogP contribution in [-0.2, 0) is 19.2 Å². The lowest BCUT2D eigenvalue weighted by Crippen LogP contribution is -2.27. The van der Waals surface area contributed by atoms with E-state index in [4.69, 9.17) is 14.0 Å². The van der Waals surface area contributed by atoms with E-state index in [1.165, 1.54) is 6.21 Å². The lowest BCUT2D eigenvalue weighted by atomic mass is 9.68. The zero-order valence-electron chi connectivity index (χ0n) is 13.2. The first-order chi connectivity index (χ1) is 11.1. The number of fused-ring (bicyclic) bond motifs is 1. The van der Waals surface area contributed by atoms with E-state index in [9.17, 15) is 9.59 Å². The molecule has 0 spiro atoms. The normalized spacial score (nSPS) is 27.2. The van der Waals surface area contributed by atoms with Gasteiger partial charge in [0.05, 0.1) is 24.3 Å². The van der Waals surface area contributed by atoms with Crippen LogP contribution in [0, 0.1) is 5.41 Å². The maximum absolute atomic E-state index is 12.4. The van der Waals surface area contributed by atoms with E-state index in [-0.39, 0.29) is 18.5 Å². The number of allylic oxidation sites excluding steroid dienone is 1. The second-order valence-electron chi connectivity index (χ2n) is 6.06. The first-order valence-corrected chi connectivity index (χ1v) is 7.76. The molecule has 1 aromatic heterocycles. The molecular formula is C17H19NO5. The summed E-state index contributed by atoms with van der Waals surface area (Å²) < 4.78 is 10.7. The average Bonchev–Trinajstić information content (AvgIpc) is 3.13. The predicted octanol–water partition coefficient (Wildman–Crippen LogP) is 3.30. The number of nitrogens with zero attached hydrogens (tertiary/aromatic N) is 1. The quantitative estimate of drug-likeness (QED) is 0.368. The number of oxime groups is 1. The molecule has 2 heterocycles. The Balaban J connectivity index is 1.93. The van der Waals surface area contributed by atoms with Crippen molar-refractivity contribution in [2.24, 2.45) is 10.6 Å². The van der Waals surface area contributed by atoms with Gasteiger partial charge in [-0.2, -0.15) is 0 Å². The van der Waals surface area contributed by atoms with Crippen LogP contribution in [0.5, 0.6) is 0 Å². The van der Waals surface area contributed by atoms with Crippen molar-refractivity contribution < 1.29 is 23.6 Å². The van der Waals surface area contributed by atoms with Crippen LogP contribution in [0.2, 0.25) is 0 Å². The molecule has 2 atom stereocenters. The van der Waals surface area contributed by atoms with Crippen molar-refractivity contribution in [3.8, 4) is 0 Å². The van der Waals surface area contributed by atoms with Crippen molar-refractivity contribution in [2.45, 2.75) is 45.6 Å². The highest BCUT2D eigenvalue weighted by Crippen LogP contribution is 2.55. The van der Waals surface area contributed by atoms with Gasteiger partial charge in [-0.15, -0.1) is 0 Å². The molecule has 23 heavy (non-hydrogen) atoms. The Morgan fingerprint density at radius 3 is 3.09 bits per heavy atom. The summed E-state index contributed by atoms with van der Waals surface area (Å²) in [7, 11) is 0. The summed E-state index contributed by atoms with van der Waals surface area (Å²) in [6.45, 7) is 3.72. The van der Waals surface area contributed by atoms with E-state index in [2.05, 4.69) is 5.16 Å². The summed E-state index contributed by atoms with van der Waals surface area (Å²) in [6, 6.07) is 1.82. The van der Waals surface area contributed by atoms with Crippen molar-refractivity contribution >= 4 is 18.2 Å². The number of esters is 1. The molecule has 0 N–H and O–H groups in total. The lowest BCUT2D eigenvalue weighted by molar-refractivity contribution is -0.143. The van der Waals surface area contributed by atoms with Crippen LogP contribution in [0.25, 0.3) is 0 Å². The molecule has 0 bridgehead atoms. The number of hydrogen-bond donors (Lipinski definition) is 0. The molecule has 6 heteroatoms. The predicted molar refractivity (Wildman–Crippen MR) is 81.4 cm³/mol. The number of cyclic esters (lactones) is 1. The monoisotopic (exact) mass is 317 g/mol. The van der Waals surface area contributed by atoms with E-state index in [1.807, 2.05) is 13.0 Å². The fourth-order valence-corrected chi connectivity index (χ4v) is 3.39. The molecule has 0 saturated carbocycles. The van der Waals surface area contributed by atoms with Crippen molar-refractivity contribution in [1.29, 1.82) is 0 Å². The molecule has 0 unspecified atom stereocenters. The van der Waals surface area contributed by atoms with Crippen LogP contribution in [-0.4, -0.2) is 18.2 Å². The number of carbonyl (C=O) groups excluding carboxylic acids is 2. The van der Waals surface area contributed by atoms with Gasteiger partial charge in [-0.25, -0.2) is 9.59 Å². The van der Waals surface area contributed by atoms with Gasteiger partial charge in [0.1, 0.15) is 6.10 Å². The molecule has 6 nitrogen and oxygen atoms in total. The summed E-state index contributed by atoms with van der Waals surface area (Å²) in [4.78, 5) is 28.3. The van der Waals surface area contributed by atoms with Crippen molar-refractivity contribution in [3.05, 3.63) is 35.3 Å². The van der Waals surface area contributed by atoms with Crippen molar-refractivity contribution in [1.82, 2.24) is 0 Å². The van der Waals surface area contributed by atoms with Gasteiger partial charge < -0.3 is 14.0 Å². The second kappa shape index (κ2) is 6.02. The van der Waals surface area contributed by atoms with E-state index in [1.54, 1.807) is 19.5 Å². The molecule has 2 aliphatic rings. The Morgan fingerprint density at radius 1 is 1.57 bits per heavy atom. The Hall–Kier alpha value is -2.37. The molecule has 122 valence electrons.